The first-order valence-electron chi connectivity index (χ1n) is 7.50. The van der Waals surface area contributed by atoms with Crippen molar-refractivity contribution in [3.63, 3.8) is 0 Å². The van der Waals surface area contributed by atoms with Crippen LogP contribution in [0.4, 0.5) is 4.39 Å². The standard InChI is InChI=1S/C17H24FNO3/c1-5-13(3)19(11-12(2)17(21)22-4)16(20)10-14-6-8-15(18)9-7-14/h6-9,12-13H,5,10-11H2,1-4H3. The topological polar surface area (TPSA) is 46.6 Å². The number of rotatable bonds is 7. The average Bonchev–Trinajstić information content (AvgIpc) is 2.52. The second-order valence-corrected chi connectivity index (χ2v) is 5.53. The molecular weight excluding hydrogens is 285 g/mol. The van der Waals surface area contributed by atoms with Gasteiger partial charge in [0.2, 0.25) is 5.91 Å². The van der Waals surface area contributed by atoms with Crippen LogP contribution in [0.2, 0.25) is 0 Å². The molecule has 0 aliphatic carbocycles. The molecule has 122 valence electrons. The molecule has 0 N–H and O–H groups in total. The Labute approximate surface area is 131 Å². The van der Waals surface area contributed by atoms with Crippen LogP contribution in [-0.4, -0.2) is 36.5 Å². The largest absolute Gasteiger partial charge is 0.469 e. The van der Waals surface area contributed by atoms with E-state index in [0.717, 1.165) is 12.0 Å². The third-order valence-electron chi connectivity index (χ3n) is 3.79. The minimum Gasteiger partial charge on any atom is -0.469 e. The summed E-state index contributed by atoms with van der Waals surface area (Å²) in [5.41, 5.74) is 0.755. The number of methoxy groups -OCH3 is 1. The molecule has 1 aromatic rings. The van der Waals surface area contributed by atoms with Crippen LogP contribution in [-0.2, 0) is 20.7 Å². The number of halogens is 1. The van der Waals surface area contributed by atoms with Gasteiger partial charge in [0.25, 0.3) is 0 Å². The zero-order valence-electron chi connectivity index (χ0n) is 13.6. The highest BCUT2D eigenvalue weighted by Crippen LogP contribution is 2.13. The van der Waals surface area contributed by atoms with Gasteiger partial charge in [0, 0.05) is 12.6 Å². The molecule has 0 saturated carbocycles. The molecule has 2 unspecified atom stereocenters. The second-order valence-electron chi connectivity index (χ2n) is 5.53. The lowest BCUT2D eigenvalue weighted by atomic mass is 10.1. The maximum absolute atomic E-state index is 12.9. The third-order valence-corrected chi connectivity index (χ3v) is 3.79. The molecular formula is C17H24FNO3. The Hall–Kier alpha value is -1.91. The molecule has 4 nitrogen and oxygen atoms in total. The van der Waals surface area contributed by atoms with Crippen LogP contribution < -0.4 is 0 Å². The summed E-state index contributed by atoms with van der Waals surface area (Å²) in [6.07, 6.45) is 0.988. The van der Waals surface area contributed by atoms with Crippen LogP contribution in [0.15, 0.2) is 24.3 Å². The van der Waals surface area contributed by atoms with Crippen molar-refractivity contribution in [2.24, 2.45) is 5.92 Å². The van der Waals surface area contributed by atoms with Crippen LogP contribution in [0.1, 0.15) is 32.8 Å². The summed E-state index contributed by atoms with van der Waals surface area (Å²) in [7, 11) is 1.34. The minimum absolute atomic E-state index is 0.0278. The second kappa shape index (κ2) is 8.51. The van der Waals surface area contributed by atoms with Gasteiger partial charge in [-0.3, -0.25) is 9.59 Å². The highest BCUT2D eigenvalue weighted by atomic mass is 19.1. The minimum atomic E-state index is -0.379. The van der Waals surface area contributed by atoms with E-state index in [9.17, 15) is 14.0 Å². The van der Waals surface area contributed by atoms with Crippen LogP contribution in [0.3, 0.4) is 0 Å². The summed E-state index contributed by atoms with van der Waals surface area (Å²) >= 11 is 0. The van der Waals surface area contributed by atoms with Crippen LogP contribution in [0, 0.1) is 11.7 Å². The molecule has 1 amide bonds. The van der Waals surface area contributed by atoms with Crippen LogP contribution >= 0.6 is 0 Å². The molecule has 0 radical (unpaired) electrons. The number of amides is 1. The van der Waals surface area contributed by atoms with Gasteiger partial charge in [-0.25, -0.2) is 4.39 Å². The Kier molecular flexibility index (Phi) is 7.02. The Balaban J connectivity index is 2.80. The molecule has 0 heterocycles. The van der Waals surface area contributed by atoms with Crippen molar-refractivity contribution in [3.05, 3.63) is 35.6 Å². The van der Waals surface area contributed by atoms with Crippen molar-refractivity contribution in [3.8, 4) is 0 Å². The predicted octanol–water partition coefficient (Wildman–Crippen LogP) is 2.80. The van der Waals surface area contributed by atoms with Gasteiger partial charge in [-0.05, 0) is 31.0 Å². The predicted molar refractivity (Wildman–Crippen MR) is 82.8 cm³/mol. The first-order valence-corrected chi connectivity index (χ1v) is 7.50. The first kappa shape index (κ1) is 18.1. The molecule has 2 atom stereocenters. The fraction of sp³-hybridized carbons (Fsp3) is 0.529. The Morgan fingerprint density at radius 2 is 1.82 bits per heavy atom. The Morgan fingerprint density at radius 1 is 1.23 bits per heavy atom. The fourth-order valence-electron chi connectivity index (χ4n) is 2.20. The molecule has 0 fully saturated rings. The van der Waals surface area contributed by atoms with E-state index in [0.29, 0.717) is 6.54 Å². The van der Waals surface area contributed by atoms with E-state index in [2.05, 4.69) is 0 Å². The molecule has 0 spiro atoms. The summed E-state index contributed by atoms with van der Waals surface area (Å²) in [6, 6.07) is 5.91. The van der Waals surface area contributed by atoms with E-state index < -0.39 is 0 Å². The number of carbonyl (C=O) groups excluding carboxylic acids is 2. The van der Waals surface area contributed by atoms with E-state index in [1.165, 1.54) is 19.2 Å². The van der Waals surface area contributed by atoms with Crippen molar-refractivity contribution >= 4 is 11.9 Å². The van der Waals surface area contributed by atoms with Crippen LogP contribution in [0.25, 0.3) is 0 Å². The number of carbonyl (C=O) groups is 2. The van der Waals surface area contributed by atoms with Gasteiger partial charge >= 0.3 is 5.97 Å². The van der Waals surface area contributed by atoms with E-state index in [4.69, 9.17) is 4.74 Å². The lowest BCUT2D eigenvalue weighted by Gasteiger charge is -2.30. The maximum Gasteiger partial charge on any atom is 0.310 e. The Morgan fingerprint density at radius 3 is 2.32 bits per heavy atom. The molecule has 1 rings (SSSR count). The number of benzene rings is 1. The van der Waals surface area contributed by atoms with Crippen molar-refractivity contribution in [1.82, 2.24) is 4.90 Å². The van der Waals surface area contributed by atoms with Crippen molar-refractivity contribution < 1.29 is 18.7 Å². The summed E-state index contributed by atoms with van der Waals surface area (Å²) in [6.45, 7) is 6.01. The average molecular weight is 309 g/mol. The molecule has 0 bridgehead atoms. The van der Waals surface area contributed by atoms with Crippen molar-refractivity contribution in [2.45, 2.75) is 39.7 Å². The smallest absolute Gasteiger partial charge is 0.310 e. The van der Waals surface area contributed by atoms with Crippen molar-refractivity contribution in [1.29, 1.82) is 0 Å². The molecule has 1 aromatic carbocycles. The van der Waals surface area contributed by atoms with Gasteiger partial charge in [0.05, 0.1) is 19.4 Å². The van der Waals surface area contributed by atoms with Crippen molar-refractivity contribution in [2.75, 3.05) is 13.7 Å². The van der Waals surface area contributed by atoms with Crippen LogP contribution in [0.5, 0.6) is 0 Å². The monoisotopic (exact) mass is 309 g/mol. The zero-order valence-corrected chi connectivity index (χ0v) is 13.6. The zero-order chi connectivity index (χ0) is 16.7. The van der Waals surface area contributed by atoms with E-state index in [-0.39, 0.29) is 36.1 Å². The maximum atomic E-state index is 12.9. The third kappa shape index (κ3) is 5.13. The van der Waals surface area contributed by atoms with Gasteiger partial charge in [-0.2, -0.15) is 0 Å². The summed E-state index contributed by atoms with van der Waals surface area (Å²) < 4.78 is 17.6. The van der Waals surface area contributed by atoms with E-state index in [1.54, 1.807) is 24.0 Å². The number of ether oxygens (including phenoxy) is 1. The van der Waals surface area contributed by atoms with Gasteiger partial charge in [-0.15, -0.1) is 0 Å². The van der Waals surface area contributed by atoms with Gasteiger partial charge in [0.1, 0.15) is 5.82 Å². The molecule has 0 aromatic heterocycles. The van der Waals surface area contributed by atoms with E-state index in [1.807, 2.05) is 13.8 Å². The molecule has 0 aliphatic rings. The number of hydrogen-bond donors (Lipinski definition) is 0. The van der Waals surface area contributed by atoms with Gasteiger partial charge < -0.3 is 9.64 Å². The van der Waals surface area contributed by atoms with Gasteiger partial charge in [-0.1, -0.05) is 26.0 Å². The summed E-state index contributed by atoms with van der Waals surface area (Å²) in [5, 5.41) is 0. The van der Waals surface area contributed by atoms with Gasteiger partial charge in [0.15, 0.2) is 0 Å². The molecule has 0 aliphatic heterocycles. The molecule has 22 heavy (non-hydrogen) atoms. The number of nitrogens with zero attached hydrogens (tertiary/aromatic N) is 1. The normalized spacial score (nSPS) is 13.3. The van der Waals surface area contributed by atoms with E-state index >= 15 is 0 Å². The molecule has 5 heteroatoms. The highest BCUT2D eigenvalue weighted by molar-refractivity contribution is 5.80. The first-order chi connectivity index (χ1) is 10.4. The highest BCUT2D eigenvalue weighted by Gasteiger charge is 2.24. The molecule has 0 saturated heterocycles. The SMILES string of the molecule is CCC(C)N(CC(C)C(=O)OC)C(=O)Cc1ccc(F)cc1. The lowest BCUT2D eigenvalue weighted by molar-refractivity contribution is -0.146. The Bertz CT molecular complexity index is 501. The lowest BCUT2D eigenvalue weighted by Crippen LogP contribution is -2.43. The summed E-state index contributed by atoms with van der Waals surface area (Å²) in [5.74, 6) is -1.11. The summed E-state index contributed by atoms with van der Waals surface area (Å²) in [4.78, 5) is 25.8. The number of hydrogen-bond acceptors (Lipinski definition) is 3. The fourth-order valence-corrected chi connectivity index (χ4v) is 2.20. The quantitative estimate of drug-likeness (QED) is 0.728. The number of esters is 1.